The van der Waals surface area contributed by atoms with E-state index in [9.17, 15) is 4.39 Å². The van der Waals surface area contributed by atoms with E-state index in [0.717, 1.165) is 11.5 Å². The molecule has 0 N–H and O–H groups in total. The molecule has 9 heteroatoms. The Morgan fingerprint density at radius 3 is 2.96 bits per heavy atom. The van der Waals surface area contributed by atoms with Crippen LogP contribution in [0.25, 0.3) is 5.69 Å². The second-order valence-corrected chi connectivity index (χ2v) is 5.97. The monoisotopic (exact) mass is 354 g/mol. The Balaban J connectivity index is 1.59. The molecule has 0 saturated carbocycles. The van der Waals surface area contributed by atoms with Gasteiger partial charge in [0.05, 0.1) is 35.5 Å². The molecule has 23 heavy (non-hydrogen) atoms. The first-order valence-electron chi connectivity index (χ1n) is 6.59. The molecule has 3 aromatic rings. The van der Waals surface area contributed by atoms with Crippen LogP contribution in [0.5, 0.6) is 5.88 Å². The van der Waals surface area contributed by atoms with Crippen LogP contribution in [0, 0.1) is 5.82 Å². The number of halogens is 2. The molecular formula is C14H12ClFN4O2S. The van der Waals surface area contributed by atoms with Gasteiger partial charge in [0.2, 0.25) is 0 Å². The molecule has 0 atom stereocenters. The maximum absolute atomic E-state index is 13.2. The van der Waals surface area contributed by atoms with E-state index in [4.69, 9.17) is 20.9 Å². The fraction of sp³-hybridized carbons (Fsp3) is 0.214. The molecule has 2 aromatic heterocycles. The summed E-state index contributed by atoms with van der Waals surface area (Å²) in [6.07, 6.45) is 1.78. The predicted molar refractivity (Wildman–Crippen MR) is 84.4 cm³/mol. The standard InChI is InChI=1S/C14H12ClFN4O2S/c1-21-14-5-11(22-18-14)8-23-7-9-6-20(19-17-9)10-2-3-13(16)12(15)4-10/h2-6H,7-8H2,1H3. The lowest BCUT2D eigenvalue weighted by molar-refractivity contribution is 0.330. The van der Waals surface area contributed by atoms with E-state index in [-0.39, 0.29) is 5.02 Å². The van der Waals surface area contributed by atoms with Gasteiger partial charge in [-0.1, -0.05) is 16.8 Å². The fourth-order valence-electron chi connectivity index (χ4n) is 1.83. The van der Waals surface area contributed by atoms with E-state index in [1.807, 2.05) is 0 Å². The zero-order valence-corrected chi connectivity index (χ0v) is 13.6. The second-order valence-electron chi connectivity index (χ2n) is 4.58. The summed E-state index contributed by atoms with van der Waals surface area (Å²) >= 11 is 7.37. The SMILES string of the molecule is COc1cc(CSCc2cn(-c3ccc(F)c(Cl)c3)nn2)on1. The molecule has 0 aliphatic heterocycles. The van der Waals surface area contributed by atoms with Crippen LogP contribution >= 0.6 is 23.4 Å². The van der Waals surface area contributed by atoms with Crippen molar-refractivity contribution in [2.75, 3.05) is 7.11 Å². The summed E-state index contributed by atoms with van der Waals surface area (Å²) in [5.41, 5.74) is 1.45. The first-order valence-corrected chi connectivity index (χ1v) is 8.13. The summed E-state index contributed by atoms with van der Waals surface area (Å²) in [5.74, 6) is 2.02. The molecular weight excluding hydrogens is 343 g/mol. The summed E-state index contributed by atoms with van der Waals surface area (Å²) in [5, 5.41) is 11.9. The molecule has 120 valence electrons. The first-order chi connectivity index (χ1) is 11.2. The van der Waals surface area contributed by atoms with E-state index < -0.39 is 5.82 Å². The third kappa shape index (κ3) is 3.83. The smallest absolute Gasteiger partial charge is 0.254 e. The lowest BCUT2D eigenvalue weighted by Gasteiger charge is -2.00. The van der Waals surface area contributed by atoms with Gasteiger partial charge in [-0.15, -0.1) is 16.9 Å². The molecule has 0 unspecified atom stereocenters. The Morgan fingerprint density at radius 2 is 2.22 bits per heavy atom. The van der Waals surface area contributed by atoms with Crippen molar-refractivity contribution in [2.45, 2.75) is 11.5 Å². The lowest BCUT2D eigenvalue weighted by Crippen LogP contribution is -1.95. The number of thioether (sulfide) groups is 1. The molecule has 1 aromatic carbocycles. The quantitative estimate of drug-likeness (QED) is 0.675. The number of ether oxygens (including phenoxy) is 1. The van der Waals surface area contributed by atoms with Gasteiger partial charge in [-0.25, -0.2) is 9.07 Å². The maximum Gasteiger partial charge on any atom is 0.254 e. The first kappa shape index (κ1) is 15.8. The summed E-state index contributed by atoms with van der Waals surface area (Å²) in [7, 11) is 1.54. The fourth-order valence-corrected chi connectivity index (χ4v) is 2.79. The highest BCUT2D eigenvalue weighted by Gasteiger charge is 2.08. The molecule has 0 fully saturated rings. The Kier molecular flexibility index (Phi) is 4.82. The summed E-state index contributed by atoms with van der Waals surface area (Å²) in [4.78, 5) is 0. The van der Waals surface area contributed by atoms with Gasteiger partial charge in [-0.3, -0.25) is 0 Å². The van der Waals surface area contributed by atoms with Crippen LogP contribution in [0.3, 0.4) is 0 Å². The zero-order chi connectivity index (χ0) is 16.2. The second kappa shape index (κ2) is 7.01. The third-order valence-corrected chi connectivity index (χ3v) is 4.23. The van der Waals surface area contributed by atoms with E-state index in [1.165, 1.54) is 19.2 Å². The number of hydrogen-bond donors (Lipinski definition) is 0. The van der Waals surface area contributed by atoms with Gasteiger partial charge >= 0.3 is 0 Å². The van der Waals surface area contributed by atoms with Crippen LogP contribution in [-0.4, -0.2) is 27.3 Å². The number of nitrogens with zero attached hydrogens (tertiary/aromatic N) is 4. The average molecular weight is 355 g/mol. The van der Waals surface area contributed by atoms with Crippen molar-refractivity contribution in [1.29, 1.82) is 0 Å². The van der Waals surface area contributed by atoms with Crippen molar-refractivity contribution in [2.24, 2.45) is 0 Å². The van der Waals surface area contributed by atoms with E-state index in [2.05, 4.69) is 15.5 Å². The highest BCUT2D eigenvalue weighted by Crippen LogP contribution is 2.21. The van der Waals surface area contributed by atoms with Crippen LogP contribution in [0.15, 0.2) is 35.0 Å². The number of methoxy groups -OCH3 is 1. The van der Waals surface area contributed by atoms with Gasteiger partial charge in [-0.05, 0) is 23.4 Å². The molecule has 3 rings (SSSR count). The molecule has 0 spiro atoms. The number of rotatable bonds is 6. The molecule has 0 aliphatic carbocycles. The number of aromatic nitrogens is 4. The molecule has 0 saturated heterocycles. The highest BCUT2D eigenvalue weighted by molar-refractivity contribution is 7.97. The van der Waals surface area contributed by atoms with Crippen molar-refractivity contribution < 1.29 is 13.7 Å². The lowest BCUT2D eigenvalue weighted by atomic mass is 10.3. The number of hydrogen-bond acceptors (Lipinski definition) is 6. The van der Waals surface area contributed by atoms with Gasteiger partial charge in [0.15, 0.2) is 5.76 Å². The topological polar surface area (TPSA) is 66.0 Å². The van der Waals surface area contributed by atoms with Gasteiger partial charge < -0.3 is 9.26 Å². The van der Waals surface area contributed by atoms with E-state index in [1.54, 1.807) is 34.8 Å². The summed E-state index contributed by atoms with van der Waals surface area (Å²) in [6, 6.07) is 6.13. The highest BCUT2D eigenvalue weighted by atomic mass is 35.5. The van der Waals surface area contributed by atoms with Crippen molar-refractivity contribution >= 4 is 23.4 Å². The Hall–Kier alpha value is -2.06. The molecule has 0 amide bonds. The van der Waals surface area contributed by atoms with Crippen LogP contribution in [0.4, 0.5) is 4.39 Å². The van der Waals surface area contributed by atoms with E-state index in [0.29, 0.717) is 23.1 Å². The van der Waals surface area contributed by atoms with Crippen LogP contribution < -0.4 is 4.74 Å². The van der Waals surface area contributed by atoms with Crippen LogP contribution in [-0.2, 0) is 11.5 Å². The molecule has 6 nitrogen and oxygen atoms in total. The Morgan fingerprint density at radius 1 is 1.35 bits per heavy atom. The Labute approximate surface area is 140 Å². The predicted octanol–water partition coefficient (Wildman–Crippen LogP) is 3.49. The molecule has 2 heterocycles. The molecule has 0 bridgehead atoms. The summed E-state index contributed by atoms with van der Waals surface area (Å²) in [6.45, 7) is 0. The summed E-state index contributed by atoms with van der Waals surface area (Å²) < 4.78 is 24.8. The van der Waals surface area contributed by atoms with Crippen LogP contribution in [0.1, 0.15) is 11.5 Å². The van der Waals surface area contributed by atoms with Crippen LogP contribution in [0.2, 0.25) is 5.02 Å². The molecule has 0 radical (unpaired) electrons. The minimum Gasteiger partial charge on any atom is -0.479 e. The minimum atomic E-state index is -0.464. The minimum absolute atomic E-state index is 0.0493. The zero-order valence-electron chi connectivity index (χ0n) is 12.1. The van der Waals surface area contributed by atoms with Gasteiger partial charge in [0.1, 0.15) is 5.82 Å². The largest absolute Gasteiger partial charge is 0.479 e. The normalized spacial score (nSPS) is 10.9. The average Bonchev–Trinajstić information content (AvgIpc) is 3.19. The third-order valence-electron chi connectivity index (χ3n) is 2.95. The van der Waals surface area contributed by atoms with Gasteiger partial charge in [0, 0.05) is 11.8 Å². The van der Waals surface area contributed by atoms with Crippen molar-refractivity contribution in [3.8, 4) is 11.6 Å². The van der Waals surface area contributed by atoms with Crippen molar-refractivity contribution in [1.82, 2.24) is 20.2 Å². The van der Waals surface area contributed by atoms with Gasteiger partial charge in [0.25, 0.3) is 5.88 Å². The Bertz CT molecular complexity index is 808. The van der Waals surface area contributed by atoms with Gasteiger partial charge in [-0.2, -0.15) is 0 Å². The van der Waals surface area contributed by atoms with E-state index >= 15 is 0 Å². The van der Waals surface area contributed by atoms with Crippen molar-refractivity contribution in [3.05, 3.63) is 52.8 Å². The molecule has 0 aliphatic rings. The maximum atomic E-state index is 13.2. The number of benzene rings is 1. The van der Waals surface area contributed by atoms with Crippen molar-refractivity contribution in [3.63, 3.8) is 0 Å².